The molecule has 0 aliphatic carbocycles. The van der Waals surface area contributed by atoms with Gasteiger partial charge in [0.05, 0.1) is 22.2 Å². The third-order valence-electron chi connectivity index (χ3n) is 10.6. The van der Waals surface area contributed by atoms with Crippen LogP contribution < -0.4 is 5.46 Å². The van der Waals surface area contributed by atoms with Crippen LogP contribution in [-0.4, -0.2) is 22.9 Å². The lowest BCUT2D eigenvalue weighted by Gasteiger charge is -2.32. The van der Waals surface area contributed by atoms with E-state index in [9.17, 15) is 0 Å². The van der Waals surface area contributed by atoms with Gasteiger partial charge in [-0.05, 0) is 93.4 Å². The molecule has 1 fully saturated rings. The first-order valence-electron chi connectivity index (χ1n) is 16.5. The lowest BCUT2D eigenvalue weighted by molar-refractivity contribution is 0.00578. The molecular formula is C42H32BNO3S. The maximum Gasteiger partial charge on any atom is 0.496 e. The average molecular weight is 642 g/mol. The van der Waals surface area contributed by atoms with Crippen LogP contribution in [0.5, 0.6) is 0 Å². The molecule has 0 saturated carbocycles. The molecule has 0 atom stereocenters. The van der Waals surface area contributed by atoms with Gasteiger partial charge >= 0.3 is 7.12 Å². The molecule has 9 aromatic rings. The van der Waals surface area contributed by atoms with Crippen molar-refractivity contribution in [1.29, 1.82) is 0 Å². The molecule has 0 unspecified atom stereocenters. The van der Waals surface area contributed by atoms with Crippen molar-refractivity contribution in [3.63, 3.8) is 0 Å². The van der Waals surface area contributed by atoms with Crippen molar-refractivity contribution in [3.8, 4) is 16.8 Å². The van der Waals surface area contributed by atoms with E-state index in [1.165, 1.54) is 42.0 Å². The van der Waals surface area contributed by atoms with Gasteiger partial charge in [-0.3, -0.25) is 0 Å². The molecule has 1 aliphatic rings. The smallest absolute Gasteiger partial charge is 0.456 e. The van der Waals surface area contributed by atoms with E-state index in [1.54, 1.807) is 11.3 Å². The van der Waals surface area contributed by atoms with Crippen LogP contribution >= 0.6 is 11.3 Å². The van der Waals surface area contributed by atoms with Crippen LogP contribution in [0, 0.1) is 0 Å². The van der Waals surface area contributed by atoms with Crippen LogP contribution in [0.2, 0.25) is 0 Å². The van der Waals surface area contributed by atoms with Crippen molar-refractivity contribution in [2.45, 2.75) is 38.9 Å². The zero-order valence-corrected chi connectivity index (χ0v) is 28.0. The number of fused-ring (bicyclic) bond motifs is 10. The van der Waals surface area contributed by atoms with Crippen molar-refractivity contribution in [2.24, 2.45) is 0 Å². The number of hydrogen-bond donors (Lipinski definition) is 0. The zero-order chi connectivity index (χ0) is 32.4. The van der Waals surface area contributed by atoms with Gasteiger partial charge in [0.25, 0.3) is 0 Å². The van der Waals surface area contributed by atoms with Crippen molar-refractivity contribution in [3.05, 3.63) is 121 Å². The average Bonchev–Trinajstić information content (AvgIpc) is 3.81. The third kappa shape index (κ3) is 3.91. The summed E-state index contributed by atoms with van der Waals surface area (Å²) in [6.07, 6.45) is 0. The first kappa shape index (κ1) is 28.2. The van der Waals surface area contributed by atoms with E-state index in [0.717, 1.165) is 44.2 Å². The summed E-state index contributed by atoms with van der Waals surface area (Å²) in [6.45, 7) is 8.49. The number of aromatic nitrogens is 1. The number of nitrogens with zero attached hydrogens (tertiary/aromatic N) is 1. The lowest BCUT2D eigenvalue weighted by atomic mass is 9.77. The number of hydrogen-bond acceptors (Lipinski definition) is 4. The third-order valence-corrected chi connectivity index (χ3v) is 11.9. The summed E-state index contributed by atoms with van der Waals surface area (Å²) in [5, 5.41) is 7.17. The van der Waals surface area contributed by atoms with Crippen LogP contribution in [0.1, 0.15) is 27.7 Å². The molecule has 0 radical (unpaired) electrons. The summed E-state index contributed by atoms with van der Waals surface area (Å²) in [5.74, 6) is 0. The second-order valence-electron chi connectivity index (χ2n) is 14.0. The molecule has 3 aromatic heterocycles. The molecule has 232 valence electrons. The van der Waals surface area contributed by atoms with E-state index in [4.69, 9.17) is 13.7 Å². The fourth-order valence-corrected chi connectivity index (χ4v) is 8.74. The fourth-order valence-electron chi connectivity index (χ4n) is 7.53. The Labute approximate surface area is 282 Å². The topological polar surface area (TPSA) is 36.5 Å². The number of benzene rings is 6. The first-order valence-corrected chi connectivity index (χ1v) is 17.3. The molecule has 1 saturated heterocycles. The van der Waals surface area contributed by atoms with Crippen molar-refractivity contribution in [2.75, 3.05) is 0 Å². The first-order chi connectivity index (χ1) is 23.3. The summed E-state index contributed by atoms with van der Waals surface area (Å²) in [6, 6.07) is 43.5. The number of thiophene rings is 1. The Morgan fingerprint density at radius 2 is 1.25 bits per heavy atom. The molecule has 0 N–H and O–H groups in total. The summed E-state index contributed by atoms with van der Waals surface area (Å²) in [4.78, 5) is 0. The van der Waals surface area contributed by atoms with E-state index in [0.29, 0.717) is 0 Å². The van der Waals surface area contributed by atoms with E-state index < -0.39 is 18.3 Å². The van der Waals surface area contributed by atoms with Crippen LogP contribution in [0.15, 0.2) is 126 Å². The van der Waals surface area contributed by atoms with E-state index >= 15 is 0 Å². The zero-order valence-electron chi connectivity index (χ0n) is 27.2. The van der Waals surface area contributed by atoms with Gasteiger partial charge in [0.2, 0.25) is 0 Å². The summed E-state index contributed by atoms with van der Waals surface area (Å²) in [5.41, 5.74) is 7.79. The van der Waals surface area contributed by atoms with Crippen LogP contribution in [-0.2, 0) is 9.31 Å². The van der Waals surface area contributed by atoms with Crippen LogP contribution in [0.4, 0.5) is 0 Å². The van der Waals surface area contributed by atoms with Gasteiger partial charge in [0, 0.05) is 52.9 Å². The van der Waals surface area contributed by atoms with E-state index in [2.05, 4.69) is 148 Å². The highest BCUT2D eigenvalue weighted by Gasteiger charge is 2.52. The Bertz CT molecular complexity index is 2740. The minimum atomic E-state index is -0.495. The molecule has 0 amide bonds. The maximum atomic E-state index is 6.73. The van der Waals surface area contributed by atoms with Gasteiger partial charge < -0.3 is 18.3 Å². The summed E-state index contributed by atoms with van der Waals surface area (Å²) in [7, 11) is -0.495. The second kappa shape index (κ2) is 9.83. The number of furan rings is 1. The highest BCUT2D eigenvalue weighted by molar-refractivity contribution is 7.27. The lowest BCUT2D eigenvalue weighted by Crippen LogP contribution is -2.41. The summed E-state index contributed by atoms with van der Waals surface area (Å²) < 4.78 is 24.6. The van der Waals surface area contributed by atoms with Gasteiger partial charge in [-0.25, -0.2) is 0 Å². The normalized spacial score (nSPS) is 16.0. The Balaban J connectivity index is 1.27. The standard InChI is InChI=1S/C42H32BNO3S/c1-41(2)42(3,4)47-43(46-41)32-24-26(23-31-39-37(48-40(31)32)21-20-36-38(39)29-15-9-11-17-35(29)45-36)25-18-19-34-30(22-25)28-14-8-10-16-33(28)44(34)27-12-6-5-7-13-27/h5-24H,1-4H3. The Morgan fingerprint density at radius 3 is 2.06 bits per heavy atom. The molecule has 0 spiro atoms. The minimum Gasteiger partial charge on any atom is -0.456 e. The molecule has 1 aliphatic heterocycles. The predicted octanol–water partition coefficient (Wildman–Crippen LogP) is 11.0. The van der Waals surface area contributed by atoms with Crippen molar-refractivity contribution < 1.29 is 13.7 Å². The van der Waals surface area contributed by atoms with Crippen molar-refractivity contribution in [1.82, 2.24) is 4.57 Å². The van der Waals surface area contributed by atoms with Crippen LogP contribution in [0.3, 0.4) is 0 Å². The maximum absolute atomic E-state index is 6.73. The van der Waals surface area contributed by atoms with Gasteiger partial charge in [-0.15, -0.1) is 11.3 Å². The van der Waals surface area contributed by atoms with Gasteiger partial charge in [0.1, 0.15) is 11.2 Å². The monoisotopic (exact) mass is 641 g/mol. The highest BCUT2D eigenvalue weighted by atomic mass is 32.1. The van der Waals surface area contributed by atoms with Gasteiger partial charge in [0.15, 0.2) is 0 Å². The largest absolute Gasteiger partial charge is 0.496 e. The highest BCUT2D eigenvalue weighted by Crippen LogP contribution is 2.45. The molecule has 10 rings (SSSR count). The SMILES string of the molecule is CC1(C)OB(c2cc(-c3ccc4c(c3)c3ccccc3n4-c3ccccc3)cc3c2sc2ccc4oc5ccccc5c4c23)OC1(C)C. The summed E-state index contributed by atoms with van der Waals surface area (Å²) >= 11 is 1.81. The predicted molar refractivity (Wildman–Crippen MR) is 202 cm³/mol. The number of para-hydroxylation sites is 3. The number of rotatable bonds is 3. The Kier molecular flexibility index (Phi) is 5.77. The molecule has 4 nitrogen and oxygen atoms in total. The molecule has 4 heterocycles. The molecular weight excluding hydrogens is 609 g/mol. The minimum absolute atomic E-state index is 0.455. The molecule has 6 aromatic carbocycles. The second-order valence-corrected chi connectivity index (χ2v) is 15.0. The fraction of sp³-hybridized carbons (Fsp3) is 0.143. The van der Waals surface area contributed by atoms with Gasteiger partial charge in [-0.1, -0.05) is 66.7 Å². The van der Waals surface area contributed by atoms with E-state index in [1.807, 2.05) is 6.07 Å². The van der Waals surface area contributed by atoms with E-state index in [-0.39, 0.29) is 0 Å². The quantitative estimate of drug-likeness (QED) is 0.180. The molecule has 6 heteroatoms. The van der Waals surface area contributed by atoms with Crippen LogP contribution in [0.25, 0.3) is 80.7 Å². The Hall–Kier alpha value is -4.88. The Morgan fingerprint density at radius 1 is 0.562 bits per heavy atom. The van der Waals surface area contributed by atoms with Crippen molar-refractivity contribution >= 4 is 87.8 Å². The molecule has 48 heavy (non-hydrogen) atoms. The van der Waals surface area contributed by atoms with Gasteiger partial charge in [-0.2, -0.15) is 0 Å². The molecule has 0 bridgehead atoms.